The lowest BCUT2D eigenvalue weighted by Crippen LogP contribution is -2.55. The Morgan fingerprint density at radius 1 is 1.11 bits per heavy atom. The van der Waals surface area contributed by atoms with Gasteiger partial charge >= 0.3 is 11.8 Å². The Morgan fingerprint density at radius 2 is 1.67 bits per heavy atom. The average Bonchev–Trinajstić information content (AvgIpc) is 2.33. The molecule has 1 N–H and O–H groups in total. The lowest BCUT2D eigenvalue weighted by Gasteiger charge is -2.34. The van der Waals surface area contributed by atoms with Crippen LogP contribution in [0.3, 0.4) is 0 Å². The first-order chi connectivity index (χ1) is 8.45. The molecule has 1 rings (SSSR count). The number of carbonyl (C=O) groups excluding carboxylic acids is 2. The maximum absolute atomic E-state index is 11.9. The normalized spacial score (nSPS) is 18.7. The topological polar surface area (TPSA) is 52.6 Å². The largest absolute Gasteiger partial charge is 0.333 e. The molecule has 0 radical (unpaired) electrons. The van der Waals surface area contributed by atoms with Gasteiger partial charge in [-0.2, -0.15) is 0 Å². The van der Waals surface area contributed by atoms with E-state index in [1.165, 1.54) is 0 Å². The Hall–Kier alpha value is -1.10. The zero-order valence-corrected chi connectivity index (χ0v) is 11.9. The lowest BCUT2D eigenvalue weighted by atomic mass is 10.1. The third kappa shape index (κ3) is 3.98. The third-order valence-corrected chi connectivity index (χ3v) is 3.19. The van der Waals surface area contributed by atoms with Crippen molar-refractivity contribution in [3.63, 3.8) is 0 Å². The van der Waals surface area contributed by atoms with Gasteiger partial charge in [0, 0.05) is 32.2 Å². The Balaban J connectivity index is 2.43. The predicted molar refractivity (Wildman–Crippen MR) is 71.1 cm³/mol. The van der Waals surface area contributed by atoms with E-state index >= 15 is 0 Å². The molecule has 0 saturated carbocycles. The van der Waals surface area contributed by atoms with Gasteiger partial charge in [0.05, 0.1) is 0 Å². The molecule has 1 fully saturated rings. The molecular weight excluding hydrogens is 230 g/mol. The number of piperazine rings is 1. The molecule has 0 bridgehead atoms. The predicted octanol–water partition coefficient (Wildman–Crippen LogP) is 0.311. The van der Waals surface area contributed by atoms with Gasteiger partial charge in [0.2, 0.25) is 0 Å². The van der Waals surface area contributed by atoms with Crippen LogP contribution in [0.5, 0.6) is 0 Å². The minimum atomic E-state index is -0.354. The minimum Gasteiger partial charge on any atom is -0.333 e. The van der Waals surface area contributed by atoms with Gasteiger partial charge in [-0.3, -0.25) is 9.59 Å². The summed E-state index contributed by atoms with van der Waals surface area (Å²) in [7, 11) is 0. The smallest absolute Gasteiger partial charge is 0.312 e. The first-order valence-corrected chi connectivity index (χ1v) is 6.77. The van der Waals surface area contributed by atoms with Gasteiger partial charge in [-0.25, -0.2) is 0 Å². The van der Waals surface area contributed by atoms with E-state index < -0.39 is 0 Å². The molecule has 18 heavy (non-hydrogen) atoms. The number of nitrogens with zero attached hydrogens (tertiary/aromatic N) is 2. The molecule has 104 valence electrons. The van der Waals surface area contributed by atoms with E-state index in [1.54, 1.807) is 9.80 Å². The van der Waals surface area contributed by atoms with Gasteiger partial charge in [-0.1, -0.05) is 20.8 Å². The molecule has 0 aromatic carbocycles. The lowest BCUT2D eigenvalue weighted by molar-refractivity contribution is -0.156. The van der Waals surface area contributed by atoms with Crippen molar-refractivity contribution in [2.75, 3.05) is 32.7 Å². The van der Waals surface area contributed by atoms with E-state index in [-0.39, 0.29) is 11.8 Å². The fraction of sp³-hybridized carbons (Fsp3) is 0.846. The van der Waals surface area contributed by atoms with Gasteiger partial charge in [-0.15, -0.1) is 0 Å². The minimum absolute atomic E-state index is 0.348. The van der Waals surface area contributed by atoms with Gasteiger partial charge < -0.3 is 15.1 Å². The molecule has 0 aromatic rings. The summed E-state index contributed by atoms with van der Waals surface area (Å²) in [4.78, 5) is 26.9. The van der Waals surface area contributed by atoms with Crippen LogP contribution >= 0.6 is 0 Å². The molecule has 1 heterocycles. The highest BCUT2D eigenvalue weighted by Gasteiger charge is 2.31. The van der Waals surface area contributed by atoms with E-state index in [4.69, 9.17) is 0 Å². The highest BCUT2D eigenvalue weighted by molar-refractivity contribution is 6.35. The summed E-state index contributed by atoms with van der Waals surface area (Å²) < 4.78 is 0. The summed E-state index contributed by atoms with van der Waals surface area (Å²) in [6.45, 7) is 11.6. The van der Waals surface area contributed by atoms with Crippen LogP contribution < -0.4 is 5.32 Å². The van der Waals surface area contributed by atoms with Crippen molar-refractivity contribution >= 4 is 11.8 Å². The summed E-state index contributed by atoms with van der Waals surface area (Å²) in [6.07, 6.45) is 0. The van der Waals surface area contributed by atoms with Crippen LogP contribution in [0.1, 0.15) is 27.7 Å². The van der Waals surface area contributed by atoms with Gasteiger partial charge in [-0.05, 0) is 19.4 Å². The summed E-state index contributed by atoms with van der Waals surface area (Å²) >= 11 is 0. The summed E-state index contributed by atoms with van der Waals surface area (Å²) in [5.41, 5.74) is 0. The summed E-state index contributed by atoms with van der Waals surface area (Å²) in [6, 6.07) is 0.446. The van der Waals surface area contributed by atoms with Gasteiger partial charge in [0.15, 0.2) is 0 Å². The number of nitrogens with one attached hydrogen (secondary N) is 1. The van der Waals surface area contributed by atoms with Crippen molar-refractivity contribution < 1.29 is 9.59 Å². The second-order valence-corrected chi connectivity index (χ2v) is 5.30. The molecule has 2 amide bonds. The van der Waals surface area contributed by atoms with Crippen LogP contribution in [0.15, 0.2) is 0 Å². The zero-order chi connectivity index (χ0) is 13.7. The van der Waals surface area contributed by atoms with E-state index in [1.807, 2.05) is 6.92 Å². The molecule has 0 aromatic heterocycles. The zero-order valence-electron chi connectivity index (χ0n) is 11.9. The number of likely N-dealkylation sites (N-methyl/N-ethyl adjacent to an activating group) is 1. The standard InChI is InChI=1S/C13H25N3O2/c1-5-15-6-7-16(13(18)12(15)17)9-11(4)8-14-10(2)3/h10-11,14H,5-9H2,1-4H3. The van der Waals surface area contributed by atoms with Crippen molar-refractivity contribution in [2.24, 2.45) is 5.92 Å². The van der Waals surface area contributed by atoms with Crippen molar-refractivity contribution in [1.29, 1.82) is 0 Å². The first-order valence-electron chi connectivity index (χ1n) is 6.77. The summed E-state index contributed by atoms with van der Waals surface area (Å²) in [5.74, 6) is -0.343. The highest BCUT2D eigenvalue weighted by atomic mass is 16.2. The molecule has 1 atom stereocenters. The Morgan fingerprint density at radius 3 is 2.22 bits per heavy atom. The second-order valence-electron chi connectivity index (χ2n) is 5.30. The van der Waals surface area contributed by atoms with Crippen LogP contribution in [0.4, 0.5) is 0 Å². The summed E-state index contributed by atoms with van der Waals surface area (Å²) in [5, 5.41) is 3.35. The van der Waals surface area contributed by atoms with E-state index in [0.717, 1.165) is 6.54 Å². The van der Waals surface area contributed by atoms with Crippen LogP contribution in [-0.2, 0) is 9.59 Å². The van der Waals surface area contributed by atoms with Crippen molar-refractivity contribution in [3.8, 4) is 0 Å². The number of rotatable bonds is 6. The average molecular weight is 255 g/mol. The molecular formula is C13H25N3O2. The second kappa shape index (κ2) is 6.73. The van der Waals surface area contributed by atoms with Crippen LogP contribution in [0.25, 0.3) is 0 Å². The number of carbonyl (C=O) groups is 2. The third-order valence-electron chi connectivity index (χ3n) is 3.19. The number of hydrogen-bond donors (Lipinski definition) is 1. The number of hydrogen-bond acceptors (Lipinski definition) is 3. The molecule has 5 nitrogen and oxygen atoms in total. The maximum Gasteiger partial charge on any atom is 0.312 e. The Kier molecular flexibility index (Phi) is 5.59. The van der Waals surface area contributed by atoms with E-state index in [2.05, 4.69) is 26.1 Å². The molecule has 0 spiro atoms. The van der Waals surface area contributed by atoms with Gasteiger partial charge in [0.25, 0.3) is 0 Å². The van der Waals surface area contributed by atoms with E-state index in [0.29, 0.717) is 38.1 Å². The molecule has 1 saturated heterocycles. The SMILES string of the molecule is CCN1CCN(CC(C)CNC(C)C)C(=O)C1=O. The van der Waals surface area contributed by atoms with Crippen molar-refractivity contribution in [1.82, 2.24) is 15.1 Å². The molecule has 5 heteroatoms. The quantitative estimate of drug-likeness (QED) is 0.695. The fourth-order valence-electron chi connectivity index (χ4n) is 2.07. The molecule has 1 unspecified atom stereocenters. The fourth-order valence-corrected chi connectivity index (χ4v) is 2.07. The monoisotopic (exact) mass is 255 g/mol. The first kappa shape index (κ1) is 15.0. The number of amides is 2. The molecule has 1 aliphatic rings. The maximum atomic E-state index is 11.9. The van der Waals surface area contributed by atoms with Crippen LogP contribution in [-0.4, -0.2) is 60.4 Å². The van der Waals surface area contributed by atoms with Crippen molar-refractivity contribution in [2.45, 2.75) is 33.7 Å². The Bertz CT molecular complexity index is 305. The van der Waals surface area contributed by atoms with Gasteiger partial charge in [0.1, 0.15) is 0 Å². The molecule has 0 aliphatic carbocycles. The van der Waals surface area contributed by atoms with Crippen LogP contribution in [0, 0.1) is 5.92 Å². The molecule has 1 aliphatic heterocycles. The van der Waals surface area contributed by atoms with Crippen LogP contribution in [0.2, 0.25) is 0 Å². The highest BCUT2D eigenvalue weighted by Crippen LogP contribution is 2.08. The Labute approximate surface area is 110 Å². The van der Waals surface area contributed by atoms with Crippen molar-refractivity contribution in [3.05, 3.63) is 0 Å². The van der Waals surface area contributed by atoms with E-state index in [9.17, 15) is 9.59 Å².